The molecule has 24 heavy (non-hydrogen) atoms. The van der Waals surface area contributed by atoms with Gasteiger partial charge >= 0.3 is 0 Å². The topological polar surface area (TPSA) is 9.23 Å². The molecule has 124 valence electrons. The van der Waals surface area contributed by atoms with E-state index >= 15 is 0 Å². The normalized spacial score (nSPS) is 18.1. The maximum absolute atomic E-state index is 6.25. The van der Waals surface area contributed by atoms with E-state index in [1.54, 1.807) is 11.1 Å². The fourth-order valence-electron chi connectivity index (χ4n) is 4.69. The van der Waals surface area contributed by atoms with E-state index in [-0.39, 0.29) is 16.2 Å². The number of benzene rings is 2. The molecule has 4 rings (SSSR count). The molecule has 0 saturated heterocycles. The van der Waals surface area contributed by atoms with Crippen LogP contribution in [0.1, 0.15) is 52.7 Å². The number of hydrogen-bond donors (Lipinski definition) is 0. The van der Waals surface area contributed by atoms with Gasteiger partial charge in [0.2, 0.25) is 0 Å². The smallest absolute Gasteiger partial charge is 0.132 e. The predicted molar refractivity (Wildman–Crippen MR) is 99.7 cm³/mol. The highest BCUT2D eigenvalue weighted by atomic mass is 16.5. The van der Waals surface area contributed by atoms with Gasteiger partial charge in [0.1, 0.15) is 11.5 Å². The molecule has 0 unspecified atom stereocenters. The van der Waals surface area contributed by atoms with Gasteiger partial charge in [-0.15, -0.1) is 0 Å². The van der Waals surface area contributed by atoms with E-state index < -0.39 is 0 Å². The largest absolute Gasteiger partial charge is 0.457 e. The number of allylic oxidation sites excluding steroid dienone is 2. The van der Waals surface area contributed by atoms with Gasteiger partial charge in [-0.1, -0.05) is 77.9 Å². The molecule has 2 aliphatic rings. The molecule has 0 N–H and O–H groups in total. The Kier molecular flexibility index (Phi) is 2.93. The molecule has 1 heteroatoms. The Bertz CT molecular complexity index is 785. The van der Waals surface area contributed by atoms with Crippen molar-refractivity contribution in [3.05, 3.63) is 70.8 Å². The van der Waals surface area contributed by atoms with E-state index in [0.717, 1.165) is 11.5 Å². The van der Waals surface area contributed by atoms with Crippen molar-refractivity contribution in [1.29, 1.82) is 0 Å². The summed E-state index contributed by atoms with van der Waals surface area (Å²) in [6, 6.07) is 17.1. The average Bonchev–Trinajstić information content (AvgIpc) is 3.19. The predicted octanol–water partition coefficient (Wildman–Crippen LogP) is 6.48. The van der Waals surface area contributed by atoms with Gasteiger partial charge in [0.15, 0.2) is 0 Å². The lowest BCUT2D eigenvalue weighted by atomic mass is 9.71. The molecule has 0 atom stereocenters. The molecule has 1 aliphatic carbocycles. The summed E-state index contributed by atoms with van der Waals surface area (Å²) >= 11 is 0. The molecule has 0 bridgehead atoms. The molecule has 2 aromatic rings. The van der Waals surface area contributed by atoms with Crippen LogP contribution in [0.5, 0.6) is 11.5 Å². The molecule has 0 fully saturated rings. The second-order valence-corrected chi connectivity index (χ2v) is 9.09. The minimum absolute atomic E-state index is 0.0953. The SMILES string of the molecule is CC(C)(C)C1=C(C(C)(C)C)C12c1ccccc1Oc1ccccc12. The van der Waals surface area contributed by atoms with Crippen LogP contribution in [0, 0.1) is 10.8 Å². The Balaban J connectivity index is 2.06. The molecule has 1 aliphatic heterocycles. The van der Waals surface area contributed by atoms with Crippen LogP contribution >= 0.6 is 0 Å². The Labute approximate surface area is 145 Å². The van der Waals surface area contributed by atoms with Crippen molar-refractivity contribution >= 4 is 0 Å². The molecule has 0 radical (unpaired) electrons. The zero-order valence-corrected chi connectivity index (χ0v) is 15.5. The lowest BCUT2D eigenvalue weighted by molar-refractivity contribution is 0.418. The van der Waals surface area contributed by atoms with Crippen molar-refractivity contribution in [3.63, 3.8) is 0 Å². The first-order valence-corrected chi connectivity index (χ1v) is 8.81. The van der Waals surface area contributed by atoms with Crippen LogP contribution < -0.4 is 4.74 Å². The highest BCUT2D eigenvalue weighted by Crippen LogP contribution is 2.73. The summed E-state index contributed by atoms with van der Waals surface area (Å²) in [7, 11) is 0. The van der Waals surface area contributed by atoms with Gasteiger partial charge < -0.3 is 4.74 Å². The summed E-state index contributed by atoms with van der Waals surface area (Å²) in [6.45, 7) is 14.0. The average molecular weight is 318 g/mol. The summed E-state index contributed by atoms with van der Waals surface area (Å²) < 4.78 is 6.25. The van der Waals surface area contributed by atoms with Crippen molar-refractivity contribution in [2.75, 3.05) is 0 Å². The number of ether oxygens (including phenoxy) is 1. The van der Waals surface area contributed by atoms with Crippen molar-refractivity contribution in [3.8, 4) is 11.5 Å². The van der Waals surface area contributed by atoms with Crippen LogP contribution in [-0.4, -0.2) is 0 Å². The van der Waals surface area contributed by atoms with Gasteiger partial charge in [-0.2, -0.15) is 0 Å². The van der Waals surface area contributed by atoms with E-state index in [2.05, 4.69) is 90.1 Å². The first-order valence-electron chi connectivity index (χ1n) is 8.81. The summed E-state index contributed by atoms with van der Waals surface area (Å²) in [5, 5.41) is 0. The molecule has 0 aromatic heterocycles. The third-order valence-corrected chi connectivity index (χ3v) is 5.24. The number of hydrogen-bond acceptors (Lipinski definition) is 1. The Hall–Kier alpha value is -2.02. The summed E-state index contributed by atoms with van der Waals surface area (Å²) in [5.41, 5.74) is 5.89. The van der Waals surface area contributed by atoms with Crippen molar-refractivity contribution in [2.24, 2.45) is 10.8 Å². The highest BCUT2D eigenvalue weighted by molar-refractivity contribution is 5.79. The maximum atomic E-state index is 6.25. The summed E-state index contributed by atoms with van der Waals surface area (Å²) in [4.78, 5) is 0. The van der Waals surface area contributed by atoms with E-state index in [1.165, 1.54) is 11.1 Å². The quantitative estimate of drug-likeness (QED) is 0.505. The summed E-state index contributed by atoms with van der Waals surface area (Å²) in [6.07, 6.45) is 0. The molecular weight excluding hydrogens is 292 g/mol. The standard InChI is InChI=1S/C23H26O/c1-21(2,3)19-20(22(4,5)6)23(19)15-11-7-9-13-17(15)24-18-14-10-8-12-16(18)23/h7-14H,1-6H3. The number of fused-ring (bicyclic) bond motifs is 4. The maximum Gasteiger partial charge on any atom is 0.132 e. The van der Waals surface area contributed by atoms with Gasteiger partial charge in [0, 0.05) is 11.1 Å². The Morgan fingerprint density at radius 3 is 1.38 bits per heavy atom. The van der Waals surface area contributed by atoms with Gasteiger partial charge in [-0.25, -0.2) is 0 Å². The zero-order valence-electron chi connectivity index (χ0n) is 15.5. The van der Waals surface area contributed by atoms with E-state index in [1.807, 2.05) is 0 Å². The molecule has 0 saturated carbocycles. The van der Waals surface area contributed by atoms with Crippen LogP contribution in [-0.2, 0) is 5.41 Å². The van der Waals surface area contributed by atoms with E-state index in [9.17, 15) is 0 Å². The van der Waals surface area contributed by atoms with Gasteiger partial charge in [-0.05, 0) is 34.1 Å². The molecule has 1 nitrogen and oxygen atoms in total. The van der Waals surface area contributed by atoms with Crippen LogP contribution in [0.2, 0.25) is 0 Å². The second kappa shape index (κ2) is 4.53. The molecule has 2 aromatic carbocycles. The minimum Gasteiger partial charge on any atom is -0.457 e. The van der Waals surface area contributed by atoms with Crippen molar-refractivity contribution in [2.45, 2.75) is 47.0 Å². The van der Waals surface area contributed by atoms with Crippen LogP contribution in [0.3, 0.4) is 0 Å². The van der Waals surface area contributed by atoms with Gasteiger partial charge in [0.25, 0.3) is 0 Å². The fourth-order valence-corrected chi connectivity index (χ4v) is 4.69. The van der Waals surface area contributed by atoms with Crippen LogP contribution in [0.4, 0.5) is 0 Å². The third-order valence-electron chi connectivity index (χ3n) is 5.24. The minimum atomic E-state index is -0.0953. The van der Waals surface area contributed by atoms with Crippen molar-refractivity contribution in [1.82, 2.24) is 0 Å². The first kappa shape index (κ1) is 15.5. The molecule has 0 amide bonds. The Morgan fingerprint density at radius 2 is 1.00 bits per heavy atom. The van der Waals surface area contributed by atoms with Crippen molar-refractivity contribution < 1.29 is 4.74 Å². The van der Waals surface area contributed by atoms with Gasteiger partial charge in [-0.3, -0.25) is 0 Å². The third kappa shape index (κ3) is 1.87. The lowest BCUT2D eigenvalue weighted by Crippen LogP contribution is -2.27. The lowest BCUT2D eigenvalue weighted by Gasteiger charge is -2.35. The van der Waals surface area contributed by atoms with Gasteiger partial charge in [0.05, 0.1) is 5.41 Å². The van der Waals surface area contributed by atoms with Crippen LogP contribution in [0.25, 0.3) is 0 Å². The number of para-hydroxylation sites is 2. The van der Waals surface area contributed by atoms with Crippen LogP contribution in [0.15, 0.2) is 59.7 Å². The fraction of sp³-hybridized carbons (Fsp3) is 0.391. The highest BCUT2D eigenvalue weighted by Gasteiger charge is 2.64. The molecule has 1 spiro atoms. The first-order chi connectivity index (χ1) is 11.2. The summed E-state index contributed by atoms with van der Waals surface area (Å²) in [5.74, 6) is 1.99. The Morgan fingerprint density at radius 1 is 0.625 bits per heavy atom. The molecule has 1 heterocycles. The zero-order chi connectivity index (χ0) is 17.3. The number of rotatable bonds is 0. The molecular formula is C23H26O. The monoisotopic (exact) mass is 318 g/mol. The van der Waals surface area contributed by atoms with E-state index in [0.29, 0.717) is 0 Å². The van der Waals surface area contributed by atoms with E-state index in [4.69, 9.17) is 4.74 Å². The second-order valence-electron chi connectivity index (χ2n) is 9.09.